The summed E-state index contributed by atoms with van der Waals surface area (Å²) in [6.45, 7) is 2.16. The minimum atomic E-state index is -2.89. The molecule has 0 saturated heterocycles. The van der Waals surface area contributed by atoms with Gasteiger partial charge in [-0.1, -0.05) is 12.1 Å². The lowest BCUT2D eigenvalue weighted by molar-refractivity contribution is 0.0624. The number of hydrogen-bond donors (Lipinski definition) is 2. The van der Waals surface area contributed by atoms with Crippen LogP contribution >= 0.6 is 0 Å². The molecule has 1 amide bonds. The summed E-state index contributed by atoms with van der Waals surface area (Å²) in [5, 5.41) is 18.0. The van der Waals surface area contributed by atoms with Crippen LogP contribution in [0.1, 0.15) is 28.9 Å². The van der Waals surface area contributed by atoms with E-state index < -0.39 is 25.2 Å². The fourth-order valence-corrected chi connectivity index (χ4v) is 2.85. The second-order valence-corrected chi connectivity index (χ2v) is 7.02. The van der Waals surface area contributed by atoms with Crippen molar-refractivity contribution in [2.75, 3.05) is 12.0 Å². The fourth-order valence-electron chi connectivity index (χ4n) is 2.85. The quantitative estimate of drug-likeness (QED) is 0.548. The number of rotatable bonds is 8. The first-order valence-corrected chi connectivity index (χ1v) is 9.62. The third-order valence-electron chi connectivity index (χ3n) is 4.58. The first kappa shape index (κ1) is 22.7. The fraction of sp³-hybridized carbons (Fsp3) is 0.286. The number of benzene rings is 1. The molecule has 166 valence electrons. The molecule has 3 rings (SSSR count). The van der Waals surface area contributed by atoms with Crippen LogP contribution in [0.5, 0.6) is 0 Å². The van der Waals surface area contributed by atoms with Crippen molar-refractivity contribution in [3.8, 4) is 17.3 Å². The van der Waals surface area contributed by atoms with E-state index in [1.165, 1.54) is 12.4 Å². The maximum atomic E-state index is 12.9. The topological polar surface area (TPSA) is 109 Å². The molecule has 1 aromatic carbocycles. The number of amides is 1. The molecule has 0 spiro atoms. The number of carbonyl (C=O) groups excluding carboxylic acids is 1. The number of nitrogens with zero attached hydrogens (tertiary/aromatic N) is 5. The summed E-state index contributed by atoms with van der Waals surface area (Å²) in [6, 6.07) is 6.35. The number of anilines is 2. The molecule has 2 atom stereocenters. The Morgan fingerprint density at radius 3 is 2.59 bits per heavy atom. The van der Waals surface area contributed by atoms with Gasteiger partial charge in [-0.25, -0.2) is 23.1 Å². The van der Waals surface area contributed by atoms with Crippen molar-refractivity contribution < 1.29 is 18.0 Å². The Bertz CT molecular complexity index is 1130. The summed E-state index contributed by atoms with van der Waals surface area (Å²) in [5.74, 6) is -0.164. The van der Waals surface area contributed by atoms with Crippen molar-refractivity contribution >= 4 is 17.5 Å². The van der Waals surface area contributed by atoms with Crippen LogP contribution in [0.2, 0.25) is 0 Å². The van der Waals surface area contributed by atoms with Crippen molar-refractivity contribution in [1.29, 1.82) is 5.26 Å². The van der Waals surface area contributed by atoms with E-state index in [1.54, 1.807) is 37.4 Å². The third kappa shape index (κ3) is 5.21. The Morgan fingerprint density at radius 2 is 1.97 bits per heavy atom. The summed E-state index contributed by atoms with van der Waals surface area (Å²) < 4.78 is 39.5. The molecule has 2 aromatic heterocycles. The molecule has 0 aliphatic rings. The van der Waals surface area contributed by atoms with Gasteiger partial charge in [-0.05, 0) is 31.5 Å². The zero-order chi connectivity index (χ0) is 23.3. The highest BCUT2D eigenvalue weighted by atomic mass is 19.3. The molecule has 2 heterocycles. The zero-order valence-corrected chi connectivity index (χ0v) is 17.3. The van der Waals surface area contributed by atoms with Crippen LogP contribution in [0.3, 0.4) is 0 Å². The molecule has 0 aliphatic carbocycles. The van der Waals surface area contributed by atoms with Gasteiger partial charge in [0.05, 0.1) is 23.6 Å². The molecule has 0 saturated carbocycles. The van der Waals surface area contributed by atoms with Crippen LogP contribution in [0.25, 0.3) is 11.3 Å². The Labute approximate surface area is 182 Å². The van der Waals surface area contributed by atoms with Crippen molar-refractivity contribution in [2.45, 2.75) is 32.4 Å². The lowest BCUT2D eigenvalue weighted by atomic mass is 10.1. The smallest absolute Gasteiger partial charge is 0.263 e. The summed E-state index contributed by atoms with van der Waals surface area (Å²) in [4.78, 5) is 20.8. The number of nitrogens with one attached hydrogen (secondary N) is 2. The van der Waals surface area contributed by atoms with E-state index in [-0.39, 0.29) is 11.9 Å². The van der Waals surface area contributed by atoms with Gasteiger partial charge in [0, 0.05) is 23.5 Å². The van der Waals surface area contributed by atoms with E-state index in [4.69, 9.17) is 5.26 Å². The number of nitriles is 1. The number of aryl methyl sites for hydroxylation is 1. The van der Waals surface area contributed by atoms with Gasteiger partial charge in [-0.2, -0.15) is 10.4 Å². The maximum Gasteiger partial charge on any atom is 0.263 e. The SMILES string of the molecule is Cc1cnc(Nc2cnn(C(CF)C(F)F)c2)nc1-c1ccc(C(=O)N[C@@H](C)C#N)cc1. The van der Waals surface area contributed by atoms with E-state index in [1.807, 2.05) is 13.0 Å². The third-order valence-corrected chi connectivity index (χ3v) is 4.58. The first-order valence-electron chi connectivity index (χ1n) is 9.62. The Hall–Kier alpha value is -3.94. The van der Waals surface area contributed by atoms with E-state index >= 15 is 0 Å². The number of halogens is 3. The molecule has 0 radical (unpaired) electrons. The Balaban J connectivity index is 1.79. The second-order valence-electron chi connectivity index (χ2n) is 7.02. The van der Waals surface area contributed by atoms with Crippen LogP contribution in [0.4, 0.5) is 24.8 Å². The van der Waals surface area contributed by atoms with Crippen molar-refractivity contribution in [3.63, 3.8) is 0 Å². The highest BCUT2D eigenvalue weighted by molar-refractivity contribution is 5.95. The van der Waals surface area contributed by atoms with Gasteiger partial charge in [-0.15, -0.1) is 0 Å². The standard InChI is InChI=1S/C21H20F3N7O/c1-12-9-26-21(29-16-10-27-31(11-16)17(7-22)19(23)24)30-18(12)14-3-5-15(6-4-14)20(32)28-13(2)8-25/h3-6,9-11,13,17,19H,7H2,1-2H3,(H,28,32)(H,26,29,30)/t13-,17?/m0/s1. The van der Waals surface area contributed by atoms with E-state index in [2.05, 4.69) is 25.7 Å². The minimum absolute atomic E-state index is 0.198. The highest BCUT2D eigenvalue weighted by Gasteiger charge is 2.23. The lowest BCUT2D eigenvalue weighted by Crippen LogP contribution is -2.31. The van der Waals surface area contributed by atoms with Gasteiger partial charge in [-0.3, -0.25) is 9.48 Å². The van der Waals surface area contributed by atoms with Crippen LogP contribution < -0.4 is 10.6 Å². The van der Waals surface area contributed by atoms with Crippen LogP contribution in [-0.4, -0.2) is 44.8 Å². The monoisotopic (exact) mass is 443 g/mol. The van der Waals surface area contributed by atoms with Crippen LogP contribution in [0, 0.1) is 18.3 Å². The second kappa shape index (κ2) is 9.91. The molecule has 1 unspecified atom stereocenters. The van der Waals surface area contributed by atoms with Gasteiger partial charge in [0.2, 0.25) is 5.95 Å². The van der Waals surface area contributed by atoms with E-state index in [0.717, 1.165) is 15.8 Å². The molecule has 0 aliphatic heterocycles. The van der Waals surface area contributed by atoms with Gasteiger partial charge in [0.1, 0.15) is 18.8 Å². The molecule has 8 nitrogen and oxygen atoms in total. The predicted octanol–water partition coefficient (Wildman–Crippen LogP) is 3.81. The van der Waals surface area contributed by atoms with E-state index in [9.17, 15) is 18.0 Å². The molecule has 3 aromatic rings. The molecule has 0 fully saturated rings. The molecular weight excluding hydrogens is 423 g/mol. The molecule has 11 heteroatoms. The number of carbonyl (C=O) groups is 1. The van der Waals surface area contributed by atoms with Gasteiger partial charge >= 0.3 is 0 Å². The van der Waals surface area contributed by atoms with Crippen molar-refractivity contribution in [2.24, 2.45) is 0 Å². The zero-order valence-electron chi connectivity index (χ0n) is 17.3. The van der Waals surface area contributed by atoms with Crippen molar-refractivity contribution in [1.82, 2.24) is 25.1 Å². The predicted molar refractivity (Wildman–Crippen MR) is 111 cm³/mol. The van der Waals surface area contributed by atoms with Gasteiger partial charge < -0.3 is 10.6 Å². The number of hydrogen-bond acceptors (Lipinski definition) is 6. The first-order chi connectivity index (χ1) is 15.3. The van der Waals surface area contributed by atoms with Crippen LogP contribution in [0.15, 0.2) is 42.9 Å². The highest BCUT2D eigenvalue weighted by Crippen LogP contribution is 2.24. The van der Waals surface area contributed by atoms with Crippen LogP contribution in [-0.2, 0) is 0 Å². The molecule has 32 heavy (non-hydrogen) atoms. The van der Waals surface area contributed by atoms with Gasteiger partial charge in [0.25, 0.3) is 12.3 Å². The maximum absolute atomic E-state index is 12.9. The molecule has 2 N–H and O–H groups in total. The summed E-state index contributed by atoms with van der Waals surface area (Å²) in [7, 11) is 0. The number of aromatic nitrogens is 4. The largest absolute Gasteiger partial charge is 0.337 e. The molecular formula is C21H20F3N7O. The molecule has 0 bridgehead atoms. The van der Waals surface area contributed by atoms with E-state index in [0.29, 0.717) is 16.9 Å². The lowest BCUT2D eigenvalue weighted by Gasteiger charge is -2.12. The Morgan fingerprint density at radius 1 is 1.25 bits per heavy atom. The number of alkyl halides is 3. The summed E-state index contributed by atoms with van der Waals surface area (Å²) in [5.41, 5.74) is 2.83. The minimum Gasteiger partial charge on any atom is -0.337 e. The normalized spacial score (nSPS) is 12.8. The summed E-state index contributed by atoms with van der Waals surface area (Å²) >= 11 is 0. The van der Waals surface area contributed by atoms with Gasteiger partial charge in [0.15, 0.2) is 0 Å². The van der Waals surface area contributed by atoms with Crippen molar-refractivity contribution in [3.05, 3.63) is 54.0 Å². The Kier molecular flexibility index (Phi) is 7.04. The average molecular weight is 443 g/mol. The summed E-state index contributed by atoms with van der Waals surface area (Å²) in [6.07, 6.45) is 1.25. The average Bonchev–Trinajstić information content (AvgIpc) is 3.23.